The smallest absolute Gasteiger partial charge is 0.243 e. The van der Waals surface area contributed by atoms with Crippen molar-refractivity contribution in [3.05, 3.63) is 96.4 Å². The van der Waals surface area contributed by atoms with Crippen LogP contribution < -0.4 is 15.4 Å². The summed E-state index contributed by atoms with van der Waals surface area (Å²) in [5, 5.41) is 20.0. The fourth-order valence-electron chi connectivity index (χ4n) is 3.87. The van der Waals surface area contributed by atoms with Gasteiger partial charge in [0.25, 0.3) is 0 Å². The number of rotatable bonds is 8. The number of nitrogens with one attached hydrogen (secondary N) is 2. The number of benzene rings is 2. The van der Waals surface area contributed by atoms with E-state index in [0.717, 1.165) is 29.8 Å². The van der Waals surface area contributed by atoms with E-state index in [4.69, 9.17) is 10.00 Å². The van der Waals surface area contributed by atoms with Gasteiger partial charge in [-0.2, -0.15) is 10.4 Å². The van der Waals surface area contributed by atoms with Crippen molar-refractivity contribution in [2.24, 2.45) is 0 Å². The lowest BCUT2D eigenvalue weighted by Crippen LogP contribution is -2.40. The van der Waals surface area contributed by atoms with Crippen LogP contribution in [0.25, 0.3) is 11.1 Å². The number of fused-ring (bicyclic) bond motifs is 1. The molecule has 1 amide bonds. The van der Waals surface area contributed by atoms with Gasteiger partial charge in [-0.05, 0) is 36.7 Å². The van der Waals surface area contributed by atoms with E-state index in [-0.39, 0.29) is 18.6 Å². The summed E-state index contributed by atoms with van der Waals surface area (Å²) >= 11 is 0. The van der Waals surface area contributed by atoms with Crippen LogP contribution in [0.5, 0.6) is 5.88 Å². The van der Waals surface area contributed by atoms with Crippen LogP contribution in [-0.2, 0) is 17.8 Å². The molecule has 0 aliphatic carbocycles. The van der Waals surface area contributed by atoms with Gasteiger partial charge in [0.05, 0.1) is 30.1 Å². The van der Waals surface area contributed by atoms with Crippen LogP contribution in [0.15, 0.2) is 85.3 Å². The Labute approximate surface area is 229 Å². The Morgan fingerprint density at radius 2 is 1.85 bits per heavy atom. The summed E-state index contributed by atoms with van der Waals surface area (Å²) in [7, 11) is 3.45. The quantitative estimate of drug-likeness (QED) is 0.340. The van der Waals surface area contributed by atoms with Crippen molar-refractivity contribution in [3.63, 3.8) is 0 Å². The van der Waals surface area contributed by atoms with E-state index in [1.807, 2.05) is 72.9 Å². The molecule has 5 rings (SSSR count). The molecule has 0 saturated carbocycles. The summed E-state index contributed by atoms with van der Waals surface area (Å²) in [6.45, 7) is 2.41. The molecule has 200 valence electrons. The van der Waals surface area contributed by atoms with E-state index in [0.29, 0.717) is 24.5 Å². The molecular weight excluding hydrogens is 490 g/mol. The summed E-state index contributed by atoms with van der Waals surface area (Å²) < 4.78 is 7.67. The average Bonchev–Trinajstić information content (AvgIpc) is 3.45. The first-order valence-corrected chi connectivity index (χ1v) is 12.8. The van der Waals surface area contributed by atoms with Crippen LogP contribution in [-0.4, -0.2) is 65.4 Å². The van der Waals surface area contributed by atoms with Crippen molar-refractivity contribution in [2.75, 3.05) is 39.0 Å². The minimum atomic E-state index is -0.0170. The Bertz CT molecular complexity index is 1350. The Morgan fingerprint density at radius 3 is 2.51 bits per heavy atom. The number of carbonyl (C=O) groups excluding carboxylic acids is 1. The number of pyridine rings is 1. The molecule has 0 fully saturated rings. The number of carbonyl (C=O) groups is 1. The number of anilines is 1. The summed E-state index contributed by atoms with van der Waals surface area (Å²) in [5.41, 5.74) is 4.52. The van der Waals surface area contributed by atoms with Crippen molar-refractivity contribution in [3.8, 4) is 23.1 Å². The first kappa shape index (κ1) is 27.4. The fourth-order valence-corrected chi connectivity index (χ4v) is 3.87. The first-order chi connectivity index (χ1) is 19.0. The molecule has 0 spiro atoms. The Kier molecular flexibility index (Phi) is 9.64. The highest BCUT2D eigenvalue weighted by Gasteiger charge is 2.21. The van der Waals surface area contributed by atoms with Crippen LogP contribution in [0, 0.1) is 11.3 Å². The van der Waals surface area contributed by atoms with E-state index in [1.165, 1.54) is 5.56 Å². The van der Waals surface area contributed by atoms with Crippen molar-refractivity contribution < 1.29 is 9.53 Å². The van der Waals surface area contributed by atoms with Crippen molar-refractivity contribution in [1.29, 1.82) is 5.26 Å². The monoisotopic (exact) mass is 523 g/mol. The van der Waals surface area contributed by atoms with Gasteiger partial charge in [-0.3, -0.25) is 9.48 Å². The Balaban J connectivity index is 0.000000519. The molecule has 1 aliphatic heterocycles. The zero-order chi connectivity index (χ0) is 27.5. The molecule has 2 aromatic carbocycles. The van der Waals surface area contributed by atoms with Gasteiger partial charge in [-0.15, -0.1) is 0 Å². The van der Waals surface area contributed by atoms with Gasteiger partial charge in [-0.1, -0.05) is 48.5 Å². The van der Waals surface area contributed by atoms with Gasteiger partial charge in [-0.25, -0.2) is 4.98 Å². The van der Waals surface area contributed by atoms with Gasteiger partial charge in [0, 0.05) is 44.2 Å². The van der Waals surface area contributed by atoms with E-state index < -0.39 is 0 Å². The summed E-state index contributed by atoms with van der Waals surface area (Å²) in [5.74, 6) is 0.568. The number of nitriles is 1. The van der Waals surface area contributed by atoms with Crippen LogP contribution >= 0.6 is 0 Å². The lowest BCUT2D eigenvalue weighted by molar-refractivity contribution is -0.129. The van der Waals surface area contributed by atoms with Gasteiger partial charge in [0.15, 0.2) is 0 Å². The van der Waals surface area contributed by atoms with Crippen LogP contribution in [0.3, 0.4) is 0 Å². The molecule has 9 heteroatoms. The maximum Gasteiger partial charge on any atom is 0.243 e. The number of ether oxygens (including phenoxy) is 1. The molecule has 1 aliphatic rings. The molecule has 0 saturated heterocycles. The van der Waals surface area contributed by atoms with Gasteiger partial charge in [0.2, 0.25) is 11.8 Å². The van der Waals surface area contributed by atoms with Crippen molar-refractivity contribution in [1.82, 2.24) is 25.0 Å². The molecule has 9 nitrogen and oxygen atoms in total. The lowest BCUT2D eigenvalue weighted by atomic mass is 10.1. The molecule has 0 radical (unpaired) electrons. The highest BCUT2D eigenvalue weighted by molar-refractivity contribution is 5.75. The molecule has 2 aromatic heterocycles. The second-order valence-corrected chi connectivity index (χ2v) is 9.33. The normalized spacial score (nSPS) is 13.5. The topological polar surface area (TPSA) is 108 Å². The number of aromatic nitrogens is 3. The molecule has 3 heterocycles. The molecule has 2 N–H and O–H groups in total. The third-order valence-electron chi connectivity index (χ3n) is 6.12. The Hall–Kier alpha value is -4.68. The average molecular weight is 524 g/mol. The van der Waals surface area contributed by atoms with Gasteiger partial charge < -0.3 is 20.3 Å². The fraction of sp³-hybridized carbons (Fsp3) is 0.267. The standard InChI is InChI=1S/C24H27N7O2.C6H6/c1-30(2)23(32)16-31-15-20(12-29-31)19-9-22-24(28-11-19)33-21(14-27-22)13-26-8-7-17-3-5-18(10-25)6-4-17;1-2-4-6-5-3-1/h3-6,9,11-12,15,21,26-27H,7-8,13-14,16H2,1-2H3;1-6H/t21-;/m1./s1. The lowest BCUT2D eigenvalue weighted by Gasteiger charge is -2.27. The van der Waals surface area contributed by atoms with Crippen LogP contribution in [0.2, 0.25) is 0 Å². The minimum Gasteiger partial charge on any atom is -0.470 e. The maximum absolute atomic E-state index is 11.9. The second kappa shape index (κ2) is 13.7. The molecule has 39 heavy (non-hydrogen) atoms. The van der Waals surface area contributed by atoms with Crippen LogP contribution in [0.4, 0.5) is 5.69 Å². The molecular formula is C30H33N7O2. The van der Waals surface area contributed by atoms with Gasteiger partial charge in [0.1, 0.15) is 12.6 Å². The number of nitrogens with zero attached hydrogens (tertiary/aromatic N) is 5. The van der Waals surface area contributed by atoms with E-state index in [1.54, 1.807) is 36.1 Å². The van der Waals surface area contributed by atoms with Crippen molar-refractivity contribution in [2.45, 2.75) is 19.1 Å². The van der Waals surface area contributed by atoms with Gasteiger partial charge >= 0.3 is 0 Å². The SMILES string of the molecule is CN(C)C(=O)Cn1cc(-c2cnc3c(c2)NC[C@@H](CNCCc2ccc(C#N)cc2)O3)cn1.c1ccccc1. The molecule has 0 bridgehead atoms. The summed E-state index contributed by atoms with van der Waals surface area (Å²) in [6, 6.07) is 23.8. The molecule has 0 unspecified atom stereocenters. The third-order valence-corrected chi connectivity index (χ3v) is 6.12. The van der Waals surface area contributed by atoms with Crippen molar-refractivity contribution >= 4 is 11.6 Å². The number of amides is 1. The molecule has 4 aromatic rings. The van der Waals surface area contributed by atoms with E-state index in [2.05, 4.69) is 26.8 Å². The predicted molar refractivity (Wildman–Crippen MR) is 151 cm³/mol. The third kappa shape index (κ3) is 8.15. The maximum atomic E-state index is 11.9. The van der Waals surface area contributed by atoms with E-state index >= 15 is 0 Å². The predicted octanol–water partition coefficient (Wildman–Crippen LogP) is 3.60. The summed E-state index contributed by atoms with van der Waals surface area (Å²) in [6.07, 6.45) is 6.21. The Morgan fingerprint density at radius 1 is 1.13 bits per heavy atom. The van der Waals surface area contributed by atoms with E-state index in [9.17, 15) is 4.79 Å². The number of hydrogen-bond acceptors (Lipinski definition) is 7. The number of likely N-dealkylation sites (N-methyl/N-ethyl adjacent to an activating group) is 1. The second-order valence-electron chi connectivity index (χ2n) is 9.33. The van der Waals surface area contributed by atoms with Crippen LogP contribution in [0.1, 0.15) is 11.1 Å². The first-order valence-electron chi connectivity index (χ1n) is 12.8. The largest absolute Gasteiger partial charge is 0.470 e. The zero-order valence-electron chi connectivity index (χ0n) is 22.2. The number of hydrogen-bond donors (Lipinski definition) is 2. The zero-order valence-corrected chi connectivity index (χ0v) is 22.2. The summed E-state index contributed by atoms with van der Waals surface area (Å²) in [4.78, 5) is 17.9. The minimum absolute atomic E-state index is 0.0140. The highest BCUT2D eigenvalue weighted by atomic mass is 16.5. The highest BCUT2D eigenvalue weighted by Crippen LogP contribution is 2.31. The molecule has 1 atom stereocenters.